The van der Waals surface area contributed by atoms with E-state index in [1.54, 1.807) is 6.20 Å². The van der Waals surface area contributed by atoms with E-state index in [0.717, 1.165) is 16.6 Å². The van der Waals surface area contributed by atoms with E-state index in [-0.39, 0.29) is 11.8 Å². The second-order valence-corrected chi connectivity index (χ2v) is 4.51. The maximum Gasteiger partial charge on any atom is 0.224 e. The van der Waals surface area contributed by atoms with Crippen molar-refractivity contribution < 1.29 is 4.79 Å². The van der Waals surface area contributed by atoms with Crippen molar-refractivity contribution in [2.75, 3.05) is 11.9 Å². The molecule has 94 valence electrons. The molecule has 0 spiro atoms. The first-order valence-corrected chi connectivity index (χ1v) is 6.03. The number of hydrogen-bond donors (Lipinski definition) is 2. The zero-order valence-corrected chi connectivity index (χ0v) is 10.4. The van der Waals surface area contributed by atoms with Gasteiger partial charge in [0.25, 0.3) is 0 Å². The summed E-state index contributed by atoms with van der Waals surface area (Å²) < 4.78 is 0. The molecule has 0 fully saturated rings. The lowest BCUT2D eigenvalue weighted by Gasteiger charge is -2.09. The van der Waals surface area contributed by atoms with E-state index in [2.05, 4.69) is 10.3 Å². The van der Waals surface area contributed by atoms with Crippen LogP contribution in [0.5, 0.6) is 0 Å². The number of nitrogens with zero attached hydrogens (tertiary/aromatic N) is 1. The van der Waals surface area contributed by atoms with Crippen LogP contribution in [0.4, 0.5) is 5.69 Å². The fourth-order valence-corrected chi connectivity index (χ4v) is 1.75. The number of carbonyl (C=O) groups is 1. The quantitative estimate of drug-likeness (QED) is 0.864. The Hall–Kier alpha value is -1.94. The van der Waals surface area contributed by atoms with Crippen LogP contribution in [0.1, 0.15) is 13.3 Å². The SMILES string of the molecule is CC(CN)CC(=O)Nc1cnc2ccccc2c1. The van der Waals surface area contributed by atoms with Crippen LogP contribution in [0.25, 0.3) is 10.9 Å². The van der Waals surface area contributed by atoms with Gasteiger partial charge in [-0.2, -0.15) is 0 Å². The Balaban J connectivity index is 2.10. The predicted octanol–water partition coefficient (Wildman–Crippen LogP) is 2.16. The summed E-state index contributed by atoms with van der Waals surface area (Å²) in [7, 11) is 0. The Morgan fingerprint density at radius 3 is 3.00 bits per heavy atom. The van der Waals surface area contributed by atoms with E-state index in [9.17, 15) is 4.79 Å². The van der Waals surface area contributed by atoms with Gasteiger partial charge in [0.15, 0.2) is 0 Å². The number of rotatable bonds is 4. The van der Waals surface area contributed by atoms with Gasteiger partial charge in [0.1, 0.15) is 0 Å². The molecule has 3 N–H and O–H groups in total. The van der Waals surface area contributed by atoms with Crippen molar-refractivity contribution in [1.29, 1.82) is 0 Å². The predicted molar refractivity (Wildman–Crippen MR) is 73.2 cm³/mol. The monoisotopic (exact) mass is 243 g/mol. The minimum atomic E-state index is -0.0231. The van der Waals surface area contributed by atoms with Gasteiger partial charge in [0.2, 0.25) is 5.91 Å². The number of anilines is 1. The highest BCUT2D eigenvalue weighted by atomic mass is 16.1. The Morgan fingerprint density at radius 1 is 1.44 bits per heavy atom. The molecule has 4 nitrogen and oxygen atoms in total. The minimum Gasteiger partial charge on any atom is -0.330 e. The number of fused-ring (bicyclic) bond motifs is 1. The molecule has 1 aromatic heterocycles. The lowest BCUT2D eigenvalue weighted by atomic mass is 10.1. The molecule has 4 heteroatoms. The number of nitrogens with two attached hydrogens (primary N) is 1. The van der Waals surface area contributed by atoms with Crippen molar-refractivity contribution in [3.05, 3.63) is 36.5 Å². The third-order valence-electron chi connectivity index (χ3n) is 2.81. The summed E-state index contributed by atoms with van der Waals surface area (Å²) in [5, 5.41) is 3.86. The zero-order valence-electron chi connectivity index (χ0n) is 10.4. The van der Waals surface area contributed by atoms with Gasteiger partial charge in [-0.05, 0) is 24.6 Å². The number of para-hydroxylation sites is 1. The molecular formula is C14H17N3O. The molecule has 1 aromatic carbocycles. The van der Waals surface area contributed by atoms with Crippen molar-refractivity contribution in [2.24, 2.45) is 11.7 Å². The molecule has 0 radical (unpaired) electrons. The standard InChI is InChI=1S/C14H17N3O/c1-10(8-15)6-14(18)17-12-7-11-4-2-3-5-13(11)16-9-12/h2-5,7,9-10H,6,8,15H2,1H3,(H,17,18). The molecule has 1 amide bonds. The van der Waals surface area contributed by atoms with E-state index < -0.39 is 0 Å². The summed E-state index contributed by atoms with van der Waals surface area (Å²) in [4.78, 5) is 16.0. The molecule has 0 saturated carbocycles. The van der Waals surface area contributed by atoms with Crippen LogP contribution < -0.4 is 11.1 Å². The molecule has 0 saturated heterocycles. The second kappa shape index (κ2) is 5.60. The van der Waals surface area contributed by atoms with E-state index >= 15 is 0 Å². The van der Waals surface area contributed by atoms with Crippen LogP contribution in [0, 0.1) is 5.92 Å². The van der Waals surface area contributed by atoms with Crippen LogP contribution >= 0.6 is 0 Å². The molecular weight excluding hydrogens is 226 g/mol. The zero-order chi connectivity index (χ0) is 13.0. The van der Waals surface area contributed by atoms with Crippen molar-refractivity contribution in [1.82, 2.24) is 4.98 Å². The normalized spacial score (nSPS) is 12.3. The molecule has 2 rings (SSSR count). The number of hydrogen-bond acceptors (Lipinski definition) is 3. The average Bonchev–Trinajstić information content (AvgIpc) is 2.38. The van der Waals surface area contributed by atoms with Gasteiger partial charge in [-0.3, -0.25) is 9.78 Å². The molecule has 0 bridgehead atoms. The highest BCUT2D eigenvalue weighted by molar-refractivity contribution is 5.93. The number of nitrogens with one attached hydrogen (secondary N) is 1. The Bertz CT molecular complexity index is 553. The first kappa shape index (κ1) is 12.5. The van der Waals surface area contributed by atoms with Crippen LogP contribution in [-0.2, 0) is 4.79 Å². The van der Waals surface area contributed by atoms with E-state index in [1.165, 1.54) is 0 Å². The Morgan fingerprint density at radius 2 is 2.22 bits per heavy atom. The topological polar surface area (TPSA) is 68.0 Å². The van der Waals surface area contributed by atoms with Crippen LogP contribution in [0.3, 0.4) is 0 Å². The van der Waals surface area contributed by atoms with Gasteiger partial charge >= 0.3 is 0 Å². The number of aromatic nitrogens is 1. The molecule has 1 unspecified atom stereocenters. The number of pyridine rings is 1. The number of amides is 1. The summed E-state index contributed by atoms with van der Waals surface area (Å²) in [6.45, 7) is 2.47. The van der Waals surface area contributed by atoms with Crippen molar-refractivity contribution in [3.8, 4) is 0 Å². The summed E-state index contributed by atoms with van der Waals surface area (Å²) in [6.07, 6.45) is 2.11. The van der Waals surface area contributed by atoms with Gasteiger partial charge < -0.3 is 11.1 Å². The number of benzene rings is 1. The summed E-state index contributed by atoms with van der Waals surface area (Å²) in [6, 6.07) is 9.73. The van der Waals surface area contributed by atoms with E-state index in [0.29, 0.717) is 13.0 Å². The highest BCUT2D eigenvalue weighted by Crippen LogP contribution is 2.16. The molecule has 18 heavy (non-hydrogen) atoms. The van der Waals surface area contributed by atoms with Gasteiger partial charge in [-0.1, -0.05) is 25.1 Å². The third-order valence-corrected chi connectivity index (χ3v) is 2.81. The van der Waals surface area contributed by atoms with E-state index in [4.69, 9.17) is 5.73 Å². The molecule has 0 aliphatic heterocycles. The van der Waals surface area contributed by atoms with Crippen LogP contribution in [0.15, 0.2) is 36.5 Å². The second-order valence-electron chi connectivity index (χ2n) is 4.51. The molecule has 1 atom stereocenters. The average molecular weight is 243 g/mol. The third kappa shape index (κ3) is 3.05. The lowest BCUT2D eigenvalue weighted by Crippen LogP contribution is -2.20. The van der Waals surface area contributed by atoms with Gasteiger partial charge in [0, 0.05) is 11.8 Å². The first-order valence-electron chi connectivity index (χ1n) is 6.03. The summed E-state index contributed by atoms with van der Waals surface area (Å²) >= 11 is 0. The summed E-state index contributed by atoms with van der Waals surface area (Å²) in [5.74, 6) is 0.170. The Labute approximate surface area is 106 Å². The number of carbonyl (C=O) groups excluding carboxylic acids is 1. The van der Waals surface area contributed by atoms with Crippen molar-refractivity contribution in [3.63, 3.8) is 0 Å². The van der Waals surface area contributed by atoms with Gasteiger partial charge in [0.05, 0.1) is 17.4 Å². The van der Waals surface area contributed by atoms with Gasteiger partial charge in [-0.15, -0.1) is 0 Å². The fourth-order valence-electron chi connectivity index (χ4n) is 1.75. The van der Waals surface area contributed by atoms with Crippen molar-refractivity contribution in [2.45, 2.75) is 13.3 Å². The molecule has 1 heterocycles. The minimum absolute atomic E-state index is 0.0231. The van der Waals surface area contributed by atoms with Gasteiger partial charge in [-0.25, -0.2) is 0 Å². The highest BCUT2D eigenvalue weighted by Gasteiger charge is 2.08. The smallest absolute Gasteiger partial charge is 0.224 e. The van der Waals surface area contributed by atoms with Crippen LogP contribution in [-0.4, -0.2) is 17.4 Å². The van der Waals surface area contributed by atoms with Crippen molar-refractivity contribution >= 4 is 22.5 Å². The van der Waals surface area contributed by atoms with Crippen LogP contribution in [0.2, 0.25) is 0 Å². The Kier molecular flexibility index (Phi) is 3.89. The molecule has 0 aliphatic carbocycles. The maximum absolute atomic E-state index is 11.7. The lowest BCUT2D eigenvalue weighted by molar-refractivity contribution is -0.116. The summed E-state index contributed by atoms with van der Waals surface area (Å²) in [5.41, 5.74) is 7.14. The van der Waals surface area contributed by atoms with E-state index in [1.807, 2.05) is 37.3 Å². The largest absolute Gasteiger partial charge is 0.330 e. The molecule has 2 aromatic rings. The molecule has 0 aliphatic rings. The first-order chi connectivity index (χ1) is 8.69. The fraction of sp³-hybridized carbons (Fsp3) is 0.286. The maximum atomic E-state index is 11.7.